The van der Waals surface area contributed by atoms with Gasteiger partial charge in [-0.25, -0.2) is 4.79 Å². The number of nitrogens with zero attached hydrogens (tertiary/aromatic N) is 3. The quantitative estimate of drug-likeness (QED) is 0.415. The van der Waals surface area contributed by atoms with Gasteiger partial charge in [0.05, 0.1) is 4.92 Å². The zero-order chi connectivity index (χ0) is 22.0. The molecular formula is C19H20N4O6S. The number of thioether (sulfide) groups is 1. The third-order valence-electron chi connectivity index (χ3n) is 5.59. The molecule has 2 saturated heterocycles. The number of nitro groups is 1. The number of nitrogens with one attached hydrogen (secondary N) is 1. The number of anilines is 1. The van der Waals surface area contributed by atoms with Crippen LogP contribution in [-0.4, -0.2) is 53.7 Å². The molecule has 2 N–H and O–H groups in total. The monoisotopic (exact) mass is 432 g/mol. The highest BCUT2D eigenvalue weighted by Crippen LogP contribution is 2.56. The first kappa shape index (κ1) is 20.2. The molecule has 2 aliphatic rings. The van der Waals surface area contributed by atoms with Gasteiger partial charge in [-0.1, -0.05) is 17.3 Å². The predicted molar refractivity (Wildman–Crippen MR) is 109 cm³/mol. The van der Waals surface area contributed by atoms with Crippen LogP contribution in [0.15, 0.2) is 28.8 Å². The predicted octanol–water partition coefficient (Wildman–Crippen LogP) is 2.88. The number of carbonyl (C=O) groups excluding carboxylic acids is 1. The van der Waals surface area contributed by atoms with Crippen molar-refractivity contribution in [2.24, 2.45) is 0 Å². The van der Waals surface area contributed by atoms with Gasteiger partial charge in [-0.3, -0.25) is 14.9 Å². The number of carboxylic acid groups (broad SMARTS) is 1. The van der Waals surface area contributed by atoms with Gasteiger partial charge >= 0.3 is 5.97 Å². The Balaban J connectivity index is 1.69. The first-order chi connectivity index (χ1) is 14.0. The molecule has 2 fully saturated rings. The van der Waals surface area contributed by atoms with Crippen LogP contribution >= 0.6 is 11.8 Å². The molecule has 1 aromatic carbocycles. The maximum atomic E-state index is 13.0. The minimum absolute atomic E-state index is 0.0893. The lowest BCUT2D eigenvalue weighted by Gasteiger charge is -2.51. The summed E-state index contributed by atoms with van der Waals surface area (Å²) in [6.07, 6.45) is 0. The fourth-order valence-corrected chi connectivity index (χ4v) is 5.73. The van der Waals surface area contributed by atoms with E-state index in [0.717, 1.165) is 0 Å². The number of β-lactam (4-membered cyclic amide) rings is 1. The number of aryl methyl sites for hydroxylation is 1. The molecule has 1 aromatic heterocycles. The molecule has 0 saturated carbocycles. The highest BCUT2D eigenvalue weighted by molar-refractivity contribution is 8.01. The van der Waals surface area contributed by atoms with Gasteiger partial charge in [-0.2, -0.15) is 0 Å². The number of non-ortho nitro benzene ring substituents is 1. The van der Waals surface area contributed by atoms with Crippen LogP contribution in [0.25, 0.3) is 11.3 Å². The molecule has 0 bridgehead atoms. The van der Waals surface area contributed by atoms with Crippen LogP contribution in [0, 0.1) is 17.0 Å². The number of aromatic nitrogens is 1. The van der Waals surface area contributed by atoms with Crippen LogP contribution in [0.2, 0.25) is 0 Å². The van der Waals surface area contributed by atoms with E-state index in [4.69, 9.17) is 4.52 Å². The number of aliphatic carboxylic acids is 1. The third-order valence-corrected chi connectivity index (χ3v) is 7.34. The molecule has 11 heteroatoms. The molecule has 158 valence electrons. The minimum Gasteiger partial charge on any atom is -0.480 e. The van der Waals surface area contributed by atoms with E-state index in [-0.39, 0.29) is 11.6 Å². The number of benzene rings is 1. The zero-order valence-electron chi connectivity index (χ0n) is 16.7. The highest BCUT2D eigenvalue weighted by atomic mass is 32.2. The number of hydrogen-bond donors (Lipinski definition) is 2. The molecule has 0 radical (unpaired) electrons. The van der Waals surface area contributed by atoms with Crippen molar-refractivity contribution in [3.63, 3.8) is 0 Å². The van der Waals surface area contributed by atoms with Gasteiger partial charge in [0.25, 0.3) is 11.6 Å². The summed E-state index contributed by atoms with van der Waals surface area (Å²) in [4.78, 5) is 36.8. The van der Waals surface area contributed by atoms with Crippen LogP contribution in [0.4, 0.5) is 11.4 Å². The second-order valence-corrected chi connectivity index (χ2v) is 9.86. The lowest BCUT2D eigenvalue weighted by Crippen LogP contribution is -2.75. The van der Waals surface area contributed by atoms with Crippen molar-refractivity contribution in [2.75, 3.05) is 5.32 Å². The lowest BCUT2D eigenvalue weighted by atomic mass is 9.85. The van der Waals surface area contributed by atoms with E-state index < -0.39 is 32.6 Å². The van der Waals surface area contributed by atoms with E-state index >= 15 is 0 Å². The molecule has 1 amide bonds. The molecule has 4 rings (SSSR count). The van der Waals surface area contributed by atoms with Crippen molar-refractivity contribution < 1.29 is 24.1 Å². The number of amides is 1. The molecule has 3 heterocycles. The van der Waals surface area contributed by atoms with Crippen molar-refractivity contribution in [2.45, 2.75) is 49.4 Å². The molecule has 3 atom stereocenters. The van der Waals surface area contributed by atoms with E-state index in [2.05, 4.69) is 10.5 Å². The van der Waals surface area contributed by atoms with Gasteiger partial charge in [-0.15, -0.1) is 11.8 Å². The maximum absolute atomic E-state index is 13.0. The molecule has 2 aliphatic heterocycles. The standard InChI is InChI=1S/C19H20N4O6S/c1-9-12(13(21-29-9)10-6-5-7-11(8-10)23(27)28)20-19(4)16(26)22-14(15(24)25)18(2,3)30-17(19)22/h5-8,14,17,20H,1-4H3,(H,24,25)/t14-,17+,19-/m0/s1. The Hall–Kier alpha value is -3.08. The first-order valence-electron chi connectivity index (χ1n) is 9.20. The smallest absolute Gasteiger partial charge is 0.327 e. The molecule has 30 heavy (non-hydrogen) atoms. The van der Waals surface area contributed by atoms with Gasteiger partial charge in [0, 0.05) is 22.4 Å². The minimum atomic E-state index is -1.07. The van der Waals surface area contributed by atoms with Crippen LogP contribution in [0.5, 0.6) is 0 Å². The Bertz CT molecular complexity index is 1080. The molecular weight excluding hydrogens is 412 g/mol. The number of hydrogen-bond acceptors (Lipinski definition) is 8. The maximum Gasteiger partial charge on any atom is 0.327 e. The summed E-state index contributed by atoms with van der Waals surface area (Å²) < 4.78 is 4.65. The van der Waals surface area contributed by atoms with Crippen molar-refractivity contribution in [1.29, 1.82) is 0 Å². The summed E-state index contributed by atoms with van der Waals surface area (Å²) in [6, 6.07) is 5.05. The molecule has 0 aliphatic carbocycles. The Morgan fingerprint density at radius 2 is 2.10 bits per heavy atom. The molecule has 0 unspecified atom stereocenters. The van der Waals surface area contributed by atoms with E-state index in [9.17, 15) is 24.8 Å². The van der Waals surface area contributed by atoms with E-state index in [0.29, 0.717) is 22.7 Å². The fraction of sp³-hybridized carbons (Fsp3) is 0.421. The summed E-state index contributed by atoms with van der Waals surface area (Å²) in [6.45, 7) is 7.00. The van der Waals surface area contributed by atoms with Gasteiger partial charge in [-0.05, 0) is 27.7 Å². The highest BCUT2D eigenvalue weighted by Gasteiger charge is 2.69. The van der Waals surface area contributed by atoms with Crippen LogP contribution < -0.4 is 5.32 Å². The van der Waals surface area contributed by atoms with Crippen molar-refractivity contribution in [3.05, 3.63) is 40.1 Å². The summed E-state index contributed by atoms with van der Waals surface area (Å²) in [5.41, 5.74) is 0.105. The Morgan fingerprint density at radius 1 is 1.40 bits per heavy atom. The van der Waals surface area contributed by atoms with Gasteiger partial charge < -0.3 is 19.8 Å². The summed E-state index contributed by atoms with van der Waals surface area (Å²) >= 11 is 1.42. The molecule has 2 aromatic rings. The topological polar surface area (TPSA) is 139 Å². The van der Waals surface area contributed by atoms with E-state index in [1.807, 2.05) is 13.8 Å². The molecule has 10 nitrogen and oxygen atoms in total. The second kappa shape index (κ2) is 6.46. The van der Waals surface area contributed by atoms with Crippen LogP contribution in [0.1, 0.15) is 26.5 Å². The Labute approximate surface area is 175 Å². The molecule has 0 spiro atoms. The van der Waals surface area contributed by atoms with E-state index in [1.165, 1.54) is 28.8 Å². The summed E-state index contributed by atoms with van der Waals surface area (Å²) in [5.74, 6) is -0.951. The van der Waals surface area contributed by atoms with Gasteiger partial charge in [0.15, 0.2) is 5.76 Å². The average Bonchev–Trinajstić information content (AvgIpc) is 3.17. The summed E-state index contributed by atoms with van der Waals surface area (Å²) in [7, 11) is 0. The first-order valence-corrected chi connectivity index (χ1v) is 10.1. The van der Waals surface area contributed by atoms with E-state index in [1.54, 1.807) is 26.0 Å². The second-order valence-electron chi connectivity index (χ2n) is 8.12. The fourth-order valence-electron chi connectivity index (χ4n) is 4.08. The normalized spacial score (nSPS) is 26.8. The Morgan fingerprint density at radius 3 is 2.73 bits per heavy atom. The number of carboxylic acids is 1. The summed E-state index contributed by atoms with van der Waals surface area (Å²) in [5, 5.41) is 27.6. The number of nitro benzene ring substituents is 1. The van der Waals surface area contributed by atoms with Gasteiger partial charge in [0.2, 0.25) is 0 Å². The number of carbonyl (C=O) groups is 2. The average molecular weight is 432 g/mol. The lowest BCUT2D eigenvalue weighted by molar-refractivity contribution is -0.384. The Kier molecular flexibility index (Phi) is 4.35. The number of rotatable bonds is 5. The van der Waals surface area contributed by atoms with Gasteiger partial charge in [0.1, 0.15) is 28.3 Å². The van der Waals surface area contributed by atoms with Crippen molar-refractivity contribution >= 4 is 35.0 Å². The van der Waals surface area contributed by atoms with Crippen LogP contribution in [-0.2, 0) is 9.59 Å². The number of fused-ring (bicyclic) bond motifs is 1. The van der Waals surface area contributed by atoms with Crippen molar-refractivity contribution in [3.8, 4) is 11.3 Å². The SMILES string of the molecule is Cc1onc(-c2cccc([N+](=O)[O-])c2)c1N[C@@]1(C)C(=O)N2[C@@H](C(=O)O)C(C)(C)S[C@@H]21. The zero-order valence-corrected chi connectivity index (χ0v) is 17.5. The third kappa shape index (κ3) is 2.76. The van der Waals surface area contributed by atoms with Crippen molar-refractivity contribution in [1.82, 2.24) is 10.1 Å². The van der Waals surface area contributed by atoms with Crippen LogP contribution in [0.3, 0.4) is 0 Å². The largest absolute Gasteiger partial charge is 0.480 e.